The summed E-state index contributed by atoms with van der Waals surface area (Å²) in [4.78, 5) is 12.3. The zero-order valence-corrected chi connectivity index (χ0v) is 22.6. The topological polar surface area (TPSA) is 44.8 Å². The molecule has 0 aliphatic heterocycles. The van der Waals surface area contributed by atoms with Crippen molar-refractivity contribution in [3.05, 3.63) is 54.1 Å². The first-order chi connectivity index (χ1) is 20.1. The third-order valence-corrected chi connectivity index (χ3v) is 6.04. The molecule has 2 aromatic carbocycles. The maximum absolute atomic E-state index is 13.9. The van der Waals surface area contributed by atoms with Crippen LogP contribution in [-0.2, 0) is 0 Å². The molecule has 2 rings (SSSR count). The average Bonchev–Trinajstić information content (AvgIpc) is 2.92. The second-order valence-electron chi connectivity index (χ2n) is 9.42. The molecular formula is C27H25F13O4. The van der Waals surface area contributed by atoms with Crippen LogP contribution in [0.25, 0.3) is 0 Å². The summed E-state index contributed by atoms with van der Waals surface area (Å²) >= 11 is 0. The van der Waals surface area contributed by atoms with Gasteiger partial charge in [0.15, 0.2) is 0 Å². The van der Waals surface area contributed by atoms with Gasteiger partial charge in [0.25, 0.3) is 0 Å². The first-order valence-electron chi connectivity index (χ1n) is 12.8. The van der Waals surface area contributed by atoms with Crippen LogP contribution >= 0.6 is 0 Å². The number of benzene rings is 2. The molecule has 0 radical (unpaired) electrons. The Morgan fingerprint density at radius 2 is 1.02 bits per heavy atom. The highest BCUT2D eigenvalue weighted by Gasteiger charge is 2.91. The third-order valence-electron chi connectivity index (χ3n) is 6.04. The summed E-state index contributed by atoms with van der Waals surface area (Å²) in [5.41, 5.74) is -0.0257. The van der Waals surface area contributed by atoms with Crippen LogP contribution in [-0.4, -0.2) is 48.6 Å². The van der Waals surface area contributed by atoms with Gasteiger partial charge < -0.3 is 14.2 Å². The SMILES string of the molecule is CCCCCCCCOc1ccc(C(=O)Oc2ccc(OC(F)(F)C(F)(F)C(F)(F)C(F)(F)C(F)(F)C(F)(F)F)cc2)cc1. The molecule has 0 atom stereocenters. The van der Waals surface area contributed by atoms with Crippen LogP contribution in [0.15, 0.2) is 48.5 Å². The Balaban J connectivity index is 2.04. The Morgan fingerprint density at radius 1 is 0.568 bits per heavy atom. The van der Waals surface area contributed by atoms with Crippen molar-refractivity contribution >= 4 is 5.97 Å². The molecular weight excluding hydrogens is 635 g/mol. The molecule has 0 aliphatic rings. The quantitative estimate of drug-likeness (QED) is 0.0779. The lowest BCUT2D eigenvalue weighted by atomic mass is 9.97. The summed E-state index contributed by atoms with van der Waals surface area (Å²) in [6.07, 6.45) is -7.99. The molecule has 0 aromatic heterocycles. The Hall–Kier alpha value is -3.40. The Kier molecular flexibility index (Phi) is 11.5. The smallest absolute Gasteiger partial charge is 0.471 e. The number of carbonyl (C=O) groups is 1. The average molecular weight is 660 g/mol. The minimum Gasteiger partial charge on any atom is -0.494 e. The van der Waals surface area contributed by atoms with Crippen molar-refractivity contribution in [3.8, 4) is 17.2 Å². The van der Waals surface area contributed by atoms with Crippen molar-refractivity contribution in [2.75, 3.05) is 6.61 Å². The largest absolute Gasteiger partial charge is 0.494 e. The van der Waals surface area contributed by atoms with Crippen molar-refractivity contribution in [2.45, 2.75) is 81.4 Å². The summed E-state index contributed by atoms with van der Waals surface area (Å²) in [5, 5.41) is 0. The van der Waals surface area contributed by atoms with Crippen LogP contribution in [0.1, 0.15) is 55.8 Å². The first kappa shape index (κ1) is 36.8. The Morgan fingerprint density at radius 3 is 1.55 bits per heavy atom. The van der Waals surface area contributed by atoms with Crippen LogP contribution in [0, 0.1) is 0 Å². The van der Waals surface area contributed by atoms with Crippen LogP contribution < -0.4 is 14.2 Å². The zero-order valence-electron chi connectivity index (χ0n) is 22.6. The molecule has 0 aliphatic carbocycles. The van der Waals surface area contributed by atoms with E-state index in [1.54, 1.807) is 0 Å². The summed E-state index contributed by atoms with van der Waals surface area (Å²) in [6.45, 7) is 2.54. The molecule has 0 N–H and O–H groups in total. The maximum atomic E-state index is 13.9. The van der Waals surface area contributed by atoms with Gasteiger partial charge in [-0.25, -0.2) is 4.79 Å². The molecule has 0 saturated heterocycles. The highest BCUT2D eigenvalue weighted by atomic mass is 19.4. The van der Waals surface area contributed by atoms with E-state index in [2.05, 4.69) is 11.7 Å². The predicted molar refractivity (Wildman–Crippen MR) is 128 cm³/mol. The molecule has 44 heavy (non-hydrogen) atoms. The maximum Gasteiger partial charge on any atom is 0.471 e. The summed E-state index contributed by atoms with van der Waals surface area (Å²) in [6, 6.07) is 7.40. The van der Waals surface area contributed by atoms with Gasteiger partial charge in [-0.1, -0.05) is 39.0 Å². The van der Waals surface area contributed by atoms with Crippen LogP contribution in [0.5, 0.6) is 17.2 Å². The van der Waals surface area contributed by atoms with E-state index in [1.807, 2.05) is 0 Å². The Bertz CT molecular complexity index is 1210. The Labute approximate surface area is 242 Å². The van der Waals surface area contributed by atoms with E-state index in [1.165, 1.54) is 24.3 Å². The van der Waals surface area contributed by atoms with E-state index in [0.29, 0.717) is 36.6 Å². The number of carbonyl (C=O) groups excluding carboxylic acids is 1. The fraction of sp³-hybridized carbons (Fsp3) is 0.519. The number of esters is 1. The van der Waals surface area contributed by atoms with Gasteiger partial charge >= 0.3 is 41.9 Å². The molecule has 2 aromatic rings. The fourth-order valence-electron chi connectivity index (χ4n) is 3.47. The van der Waals surface area contributed by atoms with E-state index in [4.69, 9.17) is 9.47 Å². The highest BCUT2D eigenvalue weighted by molar-refractivity contribution is 5.91. The number of alkyl halides is 13. The van der Waals surface area contributed by atoms with E-state index in [0.717, 1.165) is 38.5 Å². The lowest BCUT2D eigenvalue weighted by molar-refractivity contribution is -0.456. The van der Waals surface area contributed by atoms with Gasteiger partial charge in [-0.3, -0.25) is 0 Å². The number of unbranched alkanes of at least 4 members (excludes halogenated alkanes) is 5. The lowest BCUT2D eigenvalue weighted by Gasteiger charge is -2.39. The van der Waals surface area contributed by atoms with Crippen LogP contribution in [0.3, 0.4) is 0 Å². The fourth-order valence-corrected chi connectivity index (χ4v) is 3.47. The van der Waals surface area contributed by atoms with Crippen molar-refractivity contribution in [1.29, 1.82) is 0 Å². The molecule has 0 unspecified atom stereocenters. The number of ether oxygens (including phenoxy) is 3. The molecule has 4 nitrogen and oxygen atoms in total. The number of halogens is 13. The van der Waals surface area contributed by atoms with E-state index < -0.39 is 53.4 Å². The molecule has 0 fully saturated rings. The van der Waals surface area contributed by atoms with Crippen LogP contribution in [0.2, 0.25) is 0 Å². The summed E-state index contributed by atoms with van der Waals surface area (Å²) in [5.74, 6) is -33.9. The van der Waals surface area contributed by atoms with E-state index in [9.17, 15) is 61.9 Å². The zero-order chi connectivity index (χ0) is 33.6. The van der Waals surface area contributed by atoms with Gasteiger partial charge in [0.05, 0.1) is 12.2 Å². The third kappa shape index (κ3) is 7.81. The minimum absolute atomic E-state index is 0.0257. The second-order valence-corrected chi connectivity index (χ2v) is 9.42. The van der Waals surface area contributed by atoms with Gasteiger partial charge in [-0.05, 0) is 55.0 Å². The molecule has 0 bridgehead atoms. The summed E-state index contributed by atoms with van der Waals surface area (Å²) in [7, 11) is 0. The number of rotatable bonds is 16. The molecule has 248 valence electrons. The standard InChI is InChI=1S/C27H25F13O4/c1-2-3-4-5-6-7-16-42-18-10-8-17(9-11-18)21(41)43-19-12-14-20(15-13-19)44-27(39,40)25(34,35)23(30,31)22(28,29)24(32,33)26(36,37)38/h8-15H,2-7,16H2,1H3. The molecule has 0 spiro atoms. The first-order valence-corrected chi connectivity index (χ1v) is 12.8. The predicted octanol–water partition coefficient (Wildman–Crippen LogP) is 9.72. The minimum atomic E-state index is -8.04. The lowest BCUT2D eigenvalue weighted by Crippen LogP contribution is -2.70. The molecule has 0 amide bonds. The normalized spacial score (nSPS) is 13.5. The van der Waals surface area contributed by atoms with E-state index >= 15 is 0 Å². The number of hydrogen-bond acceptors (Lipinski definition) is 4. The number of hydrogen-bond donors (Lipinski definition) is 0. The highest BCUT2D eigenvalue weighted by Crippen LogP contribution is 2.60. The van der Waals surface area contributed by atoms with Gasteiger partial charge in [-0.2, -0.15) is 57.1 Å². The van der Waals surface area contributed by atoms with Crippen LogP contribution in [0.4, 0.5) is 57.1 Å². The van der Waals surface area contributed by atoms with Crippen molar-refractivity contribution in [1.82, 2.24) is 0 Å². The molecule has 0 heterocycles. The second kappa shape index (κ2) is 13.7. The van der Waals surface area contributed by atoms with Crippen molar-refractivity contribution < 1.29 is 76.1 Å². The molecule has 17 heteroatoms. The van der Waals surface area contributed by atoms with Crippen molar-refractivity contribution in [2.24, 2.45) is 0 Å². The monoisotopic (exact) mass is 660 g/mol. The van der Waals surface area contributed by atoms with Gasteiger partial charge in [0, 0.05) is 0 Å². The molecule has 0 saturated carbocycles. The van der Waals surface area contributed by atoms with E-state index in [-0.39, 0.29) is 5.56 Å². The van der Waals surface area contributed by atoms with Gasteiger partial charge in [0.2, 0.25) is 0 Å². The van der Waals surface area contributed by atoms with Gasteiger partial charge in [-0.15, -0.1) is 0 Å². The van der Waals surface area contributed by atoms with Crippen molar-refractivity contribution in [3.63, 3.8) is 0 Å². The van der Waals surface area contributed by atoms with Gasteiger partial charge in [0.1, 0.15) is 17.2 Å². The summed E-state index contributed by atoms with van der Waals surface area (Å²) < 4.78 is 186.